The molecule has 25 heavy (non-hydrogen) atoms. The van der Waals surface area contributed by atoms with Crippen molar-refractivity contribution in [1.82, 2.24) is 14.9 Å². The van der Waals surface area contributed by atoms with E-state index in [0.29, 0.717) is 36.5 Å². The molecule has 7 heteroatoms. The summed E-state index contributed by atoms with van der Waals surface area (Å²) < 4.78 is 5.42. The van der Waals surface area contributed by atoms with Crippen LogP contribution in [0.15, 0.2) is 24.3 Å². The molecule has 0 bridgehead atoms. The number of carbonyl (C=O) groups excluding carboxylic acids is 1. The van der Waals surface area contributed by atoms with Crippen LogP contribution in [0.25, 0.3) is 11.0 Å². The molecule has 1 unspecified atom stereocenters. The average molecular weight is 363 g/mol. The second-order valence-electron chi connectivity index (χ2n) is 7.31. The maximum absolute atomic E-state index is 12.1. The molecule has 134 valence electrons. The molecule has 0 aliphatic carbocycles. The number of nitrogens with one attached hydrogen (secondary N) is 1. The maximum atomic E-state index is 12.1. The minimum atomic E-state index is -0.471. The molecular weight excluding hydrogens is 340 g/mol. The third-order valence-electron chi connectivity index (χ3n) is 4.02. The Morgan fingerprint density at radius 3 is 2.68 bits per heavy atom. The Labute approximate surface area is 152 Å². The van der Waals surface area contributed by atoms with Gasteiger partial charge in [-0.25, -0.2) is 14.8 Å². The molecule has 0 spiro atoms. The standard InChI is InChI=1S/C18H23ClN4O2/c1-18(2,3)25-17(24)23-9-8-12(11-23)10-20-16-15(19)21-13-6-4-5-7-14(13)22-16/h4-7,12H,8-11H2,1-3H3,(H,20,22). The quantitative estimate of drug-likeness (QED) is 0.895. The minimum absolute atomic E-state index is 0.251. The smallest absolute Gasteiger partial charge is 0.410 e. The molecule has 0 radical (unpaired) electrons. The van der Waals surface area contributed by atoms with Crippen molar-refractivity contribution in [3.8, 4) is 0 Å². The van der Waals surface area contributed by atoms with E-state index < -0.39 is 5.60 Å². The van der Waals surface area contributed by atoms with Crippen LogP contribution in [0.1, 0.15) is 27.2 Å². The fourth-order valence-electron chi connectivity index (χ4n) is 2.82. The van der Waals surface area contributed by atoms with Gasteiger partial charge in [-0.05, 0) is 45.2 Å². The Kier molecular flexibility index (Phi) is 4.99. The van der Waals surface area contributed by atoms with Crippen LogP contribution in [0.4, 0.5) is 10.6 Å². The highest BCUT2D eigenvalue weighted by atomic mass is 35.5. The molecule has 2 aromatic rings. The van der Waals surface area contributed by atoms with E-state index in [2.05, 4.69) is 15.3 Å². The highest BCUT2D eigenvalue weighted by Gasteiger charge is 2.29. The van der Waals surface area contributed by atoms with Crippen molar-refractivity contribution < 1.29 is 9.53 Å². The van der Waals surface area contributed by atoms with Gasteiger partial charge in [-0.2, -0.15) is 0 Å². The molecule has 0 saturated carbocycles. The van der Waals surface area contributed by atoms with E-state index >= 15 is 0 Å². The highest BCUT2D eigenvalue weighted by molar-refractivity contribution is 6.32. The van der Waals surface area contributed by atoms with E-state index in [-0.39, 0.29) is 6.09 Å². The Morgan fingerprint density at radius 1 is 1.32 bits per heavy atom. The number of hydrogen-bond donors (Lipinski definition) is 1. The number of para-hydroxylation sites is 2. The van der Waals surface area contributed by atoms with E-state index in [4.69, 9.17) is 16.3 Å². The Morgan fingerprint density at radius 2 is 2.00 bits per heavy atom. The number of halogens is 1. The van der Waals surface area contributed by atoms with Gasteiger partial charge in [0.05, 0.1) is 11.0 Å². The van der Waals surface area contributed by atoms with Crippen molar-refractivity contribution in [3.63, 3.8) is 0 Å². The molecular formula is C18H23ClN4O2. The molecule has 2 heterocycles. The lowest BCUT2D eigenvalue weighted by atomic mass is 10.1. The fraction of sp³-hybridized carbons (Fsp3) is 0.500. The van der Waals surface area contributed by atoms with Crippen LogP contribution in [0, 0.1) is 5.92 Å². The summed E-state index contributed by atoms with van der Waals surface area (Å²) >= 11 is 6.22. The van der Waals surface area contributed by atoms with Gasteiger partial charge in [0.2, 0.25) is 0 Å². The topological polar surface area (TPSA) is 67.3 Å². The van der Waals surface area contributed by atoms with Gasteiger partial charge in [-0.3, -0.25) is 0 Å². The zero-order valence-electron chi connectivity index (χ0n) is 14.8. The van der Waals surface area contributed by atoms with Crippen molar-refractivity contribution in [2.45, 2.75) is 32.8 Å². The van der Waals surface area contributed by atoms with Crippen LogP contribution in [0.2, 0.25) is 5.15 Å². The third kappa shape index (κ3) is 4.51. The first-order valence-corrected chi connectivity index (χ1v) is 8.84. The monoisotopic (exact) mass is 362 g/mol. The predicted octanol–water partition coefficient (Wildman–Crippen LogP) is 3.95. The van der Waals surface area contributed by atoms with Crippen LogP contribution < -0.4 is 5.32 Å². The number of nitrogens with zero attached hydrogens (tertiary/aromatic N) is 3. The lowest BCUT2D eigenvalue weighted by molar-refractivity contribution is 0.0289. The number of amides is 1. The van der Waals surface area contributed by atoms with Crippen LogP contribution in [0.5, 0.6) is 0 Å². The summed E-state index contributed by atoms with van der Waals surface area (Å²) in [6.45, 7) is 7.69. The SMILES string of the molecule is CC(C)(C)OC(=O)N1CCC(CNc2nc3ccccc3nc2Cl)C1. The van der Waals surface area contributed by atoms with Crippen molar-refractivity contribution >= 4 is 34.5 Å². The summed E-state index contributed by atoms with van der Waals surface area (Å²) in [5.74, 6) is 0.910. The van der Waals surface area contributed by atoms with Gasteiger partial charge < -0.3 is 15.0 Å². The lowest BCUT2D eigenvalue weighted by Crippen LogP contribution is -2.35. The van der Waals surface area contributed by atoms with Gasteiger partial charge in [0.15, 0.2) is 11.0 Å². The fourth-order valence-corrected chi connectivity index (χ4v) is 3.02. The molecule has 1 aromatic heterocycles. The molecule has 1 N–H and O–H groups in total. The number of fused-ring (bicyclic) bond motifs is 1. The molecule has 1 aliphatic heterocycles. The lowest BCUT2D eigenvalue weighted by Gasteiger charge is -2.24. The van der Waals surface area contributed by atoms with Crippen molar-refractivity contribution in [2.24, 2.45) is 5.92 Å². The second-order valence-corrected chi connectivity index (χ2v) is 7.67. The van der Waals surface area contributed by atoms with Gasteiger partial charge in [-0.1, -0.05) is 23.7 Å². The first-order chi connectivity index (χ1) is 11.8. The van der Waals surface area contributed by atoms with Crippen molar-refractivity contribution in [1.29, 1.82) is 0 Å². The second kappa shape index (κ2) is 7.04. The number of carbonyl (C=O) groups is 1. The van der Waals surface area contributed by atoms with Crippen LogP contribution in [-0.2, 0) is 4.74 Å². The summed E-state index contributed by atoms with van der Waals surface area (Å²) in [5.41, 5.74) is 1.10. The minimum Gasteiger partial charge on any atom is -0.444 e. The molecule has 1 atom stereocenters. The maximum Gasteiger partial charge on any atom is 0.410 e. The number of ether oxygens (including phenoxy) is 1. The van der Waals surface area contributed by atoms with E-state index in [9.17, 15) is 4.79 Å². The normalized spacial score (nSPS) is 17.8. The number of hydrogen-bond acceptors (Lipinski definition) is 5. The highest BCUT2D eigenvalue weighted by Crippen LogP contribution is 2.23. The predicted molar refractivity (Wildman–Crippen MR) is 99.0 cm³/mol. The first kappa shape index (κ1) is 17.7. The Bertz CT molecular complexity index is 775. The van der Waals surface area contributed by atoms with Crippen molar-refractivity contribution in [2.75, 3.05) is 25.0 Å². The van der Waals surface area contributed by atoms with Gasteiger partial charge in [0.1, 0.15) is 5.60 Å². The van der Waals surface area contributed by atoms with Gasteiger partial charge in [0.25, 0.3) is 0 Å². The molecule has 1 saturated heterocycles. The van der Waals surface area contributed by atoms with E-state index in [1.807, 2.05) is 45.0 Å². The van der Waals surface area contributed by atoms with E-state index in [1.165, 1.54) is 0 Å². The molecule has 6 nitrogen and oxygen atoms in total. The number of rotatable bonds is 3. The summed E-state index contributed by atoms with van der Waals surface area (Å²) in [4.78, 5) is 22.8. The molecule has 3 rings (SSSR count). The molecule has 1 aromatic carbocycles. The number of anilines is 1. The summed E-state index contributed by atoms with van der Waals surface area (Å²) in [7, 11) is 0. The van der Waals surface area contributed by atoms with Gasteiger partial charge >= 0.3 is 6.09 Å². The first-order valence-electron chi connectivity index (χ1n) is 8.46. The van der Waals surface area contributed by atoms with Crippen LogP contribution in [-0.4, -0.2) is 46.2 Å². The summed E-state index contributed by atoms with van der Waals surface area (Å²) in [5, 5.41) is 3.63. The molecule has 1 amide bonds. The van der Waals surface area contributed by atoms with Crippen LogP contribution >= 0.6 is 11.6 Å². The van der Waals surface area contributed by atoms with Crippen LogP contribution in [0.3, 0.4) is 0 Å². The summed E-state index contributed by atoms with van der Waals surface area (Å²) in [6.07, 6.45) is 0.670. The van der Waals surface area contributed by atoms with Crippen molar-refractivity contribution in [3.05, 3.63) is 29.4 Å². The molecule has 1 aliphatic rings. The number of likely N-dealkylation sites (tertiary alicyclic amines) is 1. The number of aromatic nitrogens is 2. The number of benzene rings is 1. The van der Waals surface area contributed by atoms with E-state index in [1.54, 1.807) is 4.90 Å². The van der Waals surface area contributed by atoms with Gasteiger partial charge in [0, 0.05) is 19.6 Å². The summed E-state index contributed by atoms with van der Waals surface area (Å²) in [6, 6.07) is 7.62. The van der Waals surface area contributed by atoms with Gasteiger partial charge in [-0.15, -0.1) is 0 Å². The Balaban J connectivity index is 1.58. The third-order valence-corrected chi connectivity index (χ3v) is 4.29. The zero-order chi connectivity index (χ0) is 18.0. The average Bonchev–Trinajstić information content (AvgIpc) is 3.00. The van der Waals surface area contributed by atoms with E-state index in [0.717, 1.165) is 17.5 Å². The zero-order valence-corrected chi connectivity index (χ0v) is 15.5. The largest absolute Gasteiger partial charge is 0.444 e. The Hall–Kier alpha value is -2.08. The molecule has 1 fully saturated rings.